The van der Waals surface area contributed by atoms with Gasteiger partial charge in [-0.15, -0.1) is 0 Å². The Hall–Kier alpha value is -1.10. The molecule has 1 atom stereocenters. The Morgan fingerprint density at radius 2 is 2.11 bits per heavy atom. The van der Waals surface area contributed by atoms with E-state index in [0.29, 0.717) is 11.6 Å². The zero-order chi connectivity index (χ0) is 13.7. The maximum atomic E-state index is 12.1. The molecule has 1 heterocycles. The van der Waals surface area contributed by atoms with Crippen LogP contribution in [0.25, 0.3) is 0 Å². The van der Waals surface area contributed by atoms with Crippen molar-refractivity contribution < 1.29 is 4.79 Å². The second-order valence-electron chi connectivity index (χ2n) is 4.77. The monoisotopic (exact) mass is 281 g/mol. The number of halogens is 1. The number of nitrogens with one attached hydrogen (secondary N) is 2. The molecular formula is C14H20ClN3O. The molecule has 0 bridgehead atoms. The van der Waals surface area contributed by atoms with Crippen LogP contribution in [0.15, 0.2) is 24.3 Å². The van der Waals surface area contributed by atoms with Crippen LogP contribution in [0.2, 0.25) is 5.02 Å². The van der Waals surface area contributed by atoms with Crippen molar-refractivity contribution in [2.75, 3.05) is 26.2 Å². The molecule has 104 valence electrons. The largest absolute Gasteiger partial charge is 0.351 e. The van der Waals surface area contributed by atoms with Crippen molar-refractivity contribution in [1.82, 2.24) is 15.5 Å². The average Bonchev–Trinajstić information content (AvgIpc) is 2.46. The van der Waals surface area contributed by atoms with Gasteiger partial charge in [0.15, 0.2) is 0 Å². The Balaban J connectivity index is 1.85. The van der Waals surface area contributed by atoms with Crippen LogP contribution < -0.4 is 10.6 Å². The first-order valence-corrected chi connectivity index (χ1v) is 7.02. The standard InChI is InChI=1S/C14H20ClN3O/c1-11(18-8-6-16-7-9-18)14(19)17-10-12-4-2-3-5-13(12)15/h2-5,11,16H,6-10H2,1H3,(H,17,19). The minimum absolute atomic E-state index is 0.0572. The summed E-state index contributed by atoms with van der Waals surface area (Å²) in [5, 5.41) is 6.93. The summed E-state index contributed by atoms with van der Waals surface area (Å²) in [5.41, 5.74) is 0.949. The van der Waals surface area contributed by atoms with Crippen molar-refractivity contribution in [3.05, 3.63) is 34.9 Å². The molecule has 1 amide bonds. The minimum atomic E-state index is -0.0930. The smallest absolute Gasteiger partial charge is 0.237 e. The van der Waals surface area contributed by atoms with Gasteiger partial charge >= 0.3 is 0 Å². The molecule has 1 aliphatic rings. The molecular weight excluding hydrogens is 262 g/mol. The Bertz CT molecular complexity index is 432. The van der Waals surface area contributed by atoms with Gasteiger partial charge in [0.2, 0.25) is 5.91 Å². The Kier molecular flexibility index (Phi) is 5.19. The summed E-state index contributed by atoms with van der Waals surface area (Å²) >= 11 is 6.07. The molecule has 1 saturated heterocycles. The van der Waals surface area contributed by atoms with Gasteiger partial charge in [-0.1, -0.05) is 29.8 Å². The zero-order valence-corrected chi connectivity index (χ0v) is 11.9. The third kappa shape index (κ3) is 3.93. The molecule has 1 unspecified atom stereocenters. The summed E-state index contributed by atoms with van der Waals surface area (Å²) in [5.74, 6) is 0.0572. The van der Waals surface area contributed by atoms with E-state index in [1.54, 1.807) is 0 Å². The van der Waals surface area contributed by atoms with Crippen molar-refractivity contribution in [3.8, 4) is 0 Å². The summed E-state index contributed by atoms with van der Waals surface area (Å²) < 4.78 is 0. The van der Waals surface area contributed by atoms with Crippen LogP contribution in [0.5, 0.6) is 0 Å². The normalized spacial score (nSPS) is 18.0. The van der Waals surface area contributed by atoms with E-state index in [0.717, 1.165) is 31.7 Å². The van der Waals surface area contributed by atoms with Crippen LogP contribution in [0.3, 0.4) is 0 Å². The van der Waals surface area contributed by atoms with Crippen molar-refractivity contribution in [3.63, 3.8) is 0 Å². The number of hydrogen-bond acceptors (Lipinski definition) is 3. The van der Waals surface area contributed by atoms with E-state index in [2.05, 4.69) is 15.5 Å². The minimum Gasteiger partial charge on any atom is -0.351 e. The molecule has 5 heteroatoms. The van der Waals surface area contributed by atoms with Crippen LogP contribution in [0.1, 0.15) is 12.5 Å². The number of nitrogens with zero attached hydrogens (tertiary/aromatic N) is 1. The topological polar surface area (TPSA) is 44.4 Å². The third-order valence-corrected chi connectivity index (χ3v) is 3.86. The summed E-state index contributed by atoms with van der Waals surface area (Å²) in [4.78, 5) is 14.3. The summed E-state index contributed by atoms with van der Waals surface area (Å²) in [6.45, 7) is 6.16. The highest BCUT2D eigenvalue weighted by atomic mass is 35.5. The summed E-state index contributed by atoms with van der Waals surface area (Å²) in [7, 11) is 0. The van der Waals surface area contributed by atoms with E-state index < -0.39 is 0 Å². The van der Waals surface area contributed by atoms with Gasteiger partial charge in [-0.3, -0.25) is 9.69 Å². The number of carbonyl (C=O) groups excluding carboxylic acids is 1. The maximum absolute atomic E-state index is 12.1. The number of carbonyl (C=O) groups is 1. The van der Waals surface area contributed by atoms with Gasteiger partial charge in [0, 0.05) is 37.7 Å². The first-order valence-electron chi connectivity index (χ1n) is 6.64. The van der Waals surface area contributed by atoms with Crippen molar-refractivity contribution in [1.29, 1.82) is 0 Å². The van der Waals surface area contributed by atoms with E-state index in [4.69, 9.17) is 11.6 Å². The van der Waals surface area contributed by atoms with E-state index in [-0.39, 0.29) is 11.9 Å². The van der Waals surface area contributed by atoms with Crippen LogP contribution in [-0.4, -0.2) is 43.0 Å². The molecule has 0 aromatic heterocycles. The van der Waals surface area contributed by atoms with Gasteiger partial charge in [0.25, 0.3) is 0 Å². The average molecular weight is 282 g/mol. The zero-order valence-electron chi connectivity index (χ0n) is 11.2. The fourth-order valence-corrected chi connectivity index (χ4v) is 2.41. The predicted molar refractivity (Wildman–Crippen MR) is 77.2 cm³/mol. The lowest BCUT2D eigenvalue weighted by molar-refractivity contribution is -0.126. The molecule has 2 rings (SSSR count). The van der Waals surface area contributed by atoms with E-state index in [1.807, 2.05) is 31.2 Å². The van der Waals surface area contributed by atoms with Crippen LogP contribution in [0.4, 0.5) is 0 Å². The first kappa shape index (κ1) is 14.3. The predicted octanol–water partition coefficient (Wildman–Crippen LogP) is 1.25. The number of hydrogen-bond donors (Lipinski definition) is 2. The highest BCUT2D eigenvalue weighted by Crippen LogP contribution is 2.14. The lowest BCUT2D eigenvalue weighted by Gasteiger charge is -2.31. The van der Waals surface area contributed by atoms with Crippen molar-refractivity contribution in [2.45, 2.75) is 19.5 Å². The van der Waals surface area contributed by atoms with Crippen LogP contribution >= 0.6 is 11.6 Å². The lowest BCUT2D eigenvalue weighted by Crippen LogP contribution is -2.52. The fourth-order valence-electron chi connectivity index (χ4n) is 2.21. The van der Waals surface area contributed by atoms with Crippen molar-refractivity contribution in [2.24, 2.45) is 0 Å². The molecule has 0 spiro atoms. The maximum Gasteiger partial charge on any atom is 0.237 e. The van der Waals surface area contributed by atoms with Crippen LogP contribution in [-0.2, 0) is 11.3 Å². The number of amides is 1. The molecule has 0 aliphatic carbocycles. The fraction of sp³-hybridized carbons (Fsp3) is 0.500. The first-order chi connectivity index (χ1) is 9.18. The molecule has 1 fully saturated rings. The van der Waals surface area contributed by atoms with Gasteiger partial charge in [0.1, 0.15) is 0 Å². The molecule has 2 N–H and O–H groups in total. The molecule has 1 aliphatic heterocycles. The number of rotatable bonds is 4. The molecule has 4 nitrogen and oxygen atoms in total. The van der Waals surface area contributed by atoms with Crippen LogP contribution in [0, 0.1) is 0 Å². The van der Waals surface area contributed by atoms with Gasteiger partial charge < -0.3 is 10.6 Å². The molecule has 1 aromatic rings. The Morgan fingerprint density at radius 3 is 2.79 bits per heavy atom. The number of piperazine rings is 1. The number of benzene rings is 1. The van der Waals surface area contributed by atoms with Gasteiger partial charge in [-0.05, 0) is 18.6 Å². The lowest BCUT2D eigenvalue weighted by atomic mass is 10.2. The Labute approximate surface area is 119 Å². The summed E-state index contributed by atoms with van der Waals surface area (Å²) in [6, 6.07) is 7.48. The highest BCUT2D eigenvalue weighted by molar-refractivity contribution is 6.31. The highest BCUT2D eigenvalue weighted by Gasteiger charge is 2.22. The van der Waals surface area contributed by atoms with Gasteiger partial charge in [-0.25, -0.2) is 0 Å². The van der Waals surface area contributed by atoms with Gasteiger partial charge in [-0.2, -0.15) is 0 Å². The second kappa shape index (κ2) is 6.89. The van der Waals surface area contributed by atoms with E-state index in [9.17, 15) is 4.79 Å². The Morgan fingerprint density at radius 1 is 1.42 bits per heavy atom. The second-order valence-corrected chi connectivity index (χ2v) is 5.18. The molecule has 0 radical (unpaired) electrons. The molecule has 19 heavy (non-hydrogen) atoms. The summed E-state index contributed by atoms with van der Waals surface area (Å²) in [6.07, 6.45) is 0. The van der Waals surface area contributed by atoms with E-state index in [1.165, 1.54) is 0 Å². The SMILES string of the molecule is CC(C(=O)NCc1ccccc1Cl)N1CCNCC1. The third-order valence-electron chi connectivity index (χ3n) is 3.49. The molecule has 1 aromatic carbocycles. The van der Waals surface area contributed by atoms with E-state index >= 15 is 0 Å². The quantitative estimate of drug-likeness (QED) is 0.873. The van der Waals surface area contributed by atoms with Crippen molar-refractivity contribution >= 4 is 17.5 Å². The van der Waals surface area contributed by atoms with Gasteiger partial charge in [0.05, 0.1) is 6.04 Å². The molecule has 0 saturated carbocycles.